The van der Waals surface area contributed by atoms with Crippen molar-refractivity contribution >= 4 is 17.5 Å². The first-order chi connectivity index (χ1) is 14.3. The largest absolute Gasteiger partial charge is 0.496 e. The highest BCUT2D eigenvalue weighted by atomic mass is 16.5. The van der Waals surface area contributed by atoms with Gasteiger partial charge in [-0.3, -0.25) is 4.79 Å². The molecule has 0 spiro atoms. The molecule has 1 aliphatic rings. The van der Waals surface area contributed by atoms with Gasteiger partial charge in [0.25, 0.3) is 0 Å². The smallest absolute Gasteiger partial charge is 0.198 e. The van der Waals surface area contributed by atoms with Crippen molar-refractivity contribution in [1.29, 1.82) is 0 Å². The maximum Gasteiger partial charge on any atom is 0.198 e. The number of carbonyl (C=O) groups excluding carboxylic acids is 1. The number of ketones is 1. The fraction of sp³-hybridized carbons (Fsp3) is 0.577. The molecule has 1 aromatic rings. The van der Waals surface area contributed by atoms with Crippen molar-refractivity contribution in [2.45, 2.75) is 66.2 Å². The van der Waals surface area contributed by atoms with E-state index in [-0.39, 0.29) is 11.2 Å². The average molecular weight is 414 g/mol. The Morgan fingerprint density at radius 1 is 1.00 bits per heavy atom. The number of unbranched alkanes of at least 4 members (excludes halogenated alkanes) is 2. The Labute approximate surface area is 182 Å². The molecule has 0 fully saturated rings. The molecule has 0 aromatic heterocycles. The zero-order chi connectivity index (χ0) is 22.1. The van der Waals surface area contributed by atoms with Crippen LogP contribution in [0, 0.1) is 5.41 Å². The van der Waals surface area contributed by atoms with Gasteiger partial charge >= 0.3 is 0 Å². The second-order valence-corrected chi connectivity index (χ2v) is 8.95. The summed E-state index contributed by atoms with van der Waals surface area (Å²) in [7, 11) is 3.29. The summed E-state index contributed by atoms with van der Waals surface area (Å²) in [6, 6.07) is 6.42. The standard InChI is InChI=1S/C26H39NO3/c1-7-9-15-27(16-10-8-2)22-14-13-20(24(17-22)29-5)11-12-21-18-26(3,4)19-23(28)25(21)30-6/h11-14,17H,7-10,15-16,18-19H2,1-6H3. The number of methoxy groups -OCH3 is 2. The lowest BCUT2D eigenvalue weighted by Crippen LogP contribution is -2.26. The second kappa shape index (κ2) is 11.2. The highest BCUT2D eigenvalue weighted by Gasteiger charge is 2.32. The van der Waals surface area contributed by atoms with Crippen molar-refractivity contribution in [3.63, 3.8) is 0 Å². The Morgan fingerprint density at radius 3 is 2.23 bits per heavy atom. The summed E-state index contributed by atoms with van der Waals surface area (Å²) in [5.41, 5.74) is 3.12. The van der Waals surface area contributed by atoms with Gasteiger partial charge in [0, 0.05) is 36.8 Å². The van der Waals surface area contributed by atoms with Crippen LogP contribution in [-0.2, 0) is 9.53 Å². The number of benzene rings is 1. The van der Waals surface area contributed by atoms with Crippen molar-refractivity contribution in [2.75, 3.05) is 32.2 Å². The van der Waals surface area contributed by atoms with E-state index in [0.717, 1.165) is 36.4 Å². The van der Waals surface area contributed by atoms with Crippen molar-refractivity contribution in [1.82, 2.24) is 0 Å². The van der Waals surface area contributed by atoms with Crippen LogP contribution in [0.15, 0.2) is 35.6 Å². The van der Waals surface area contributed by atoms with Gasteiger partial charge < -0.3 is 14.4 Å². The van der Waals surface area contributed by atoms with Gasteiger partial charge in [0.05, 0.1) is 14.2 Å². The van der Waals surface area contributed by atoms with E-state index in [1.807, 2.05) is 12.2 Å². The normalized spacial score (nSPS) is 16.3. The minimum absolute atomic E-state index is 0.0498. The zero-order valence-corrected chi connectivity index (χ0v) is 19.7. The number of Topliss-reactive ketones (excluding diaryl/α,β-unsaturated/α-hetero) is 1. The lowest BCUT2D eigenvalue weighted by atomic mass is 9.76. The number of ether oxygens (including phenoxy) is 2. The molecule has 166 valence electrons. The first-order valence-electron chi connectivity index (χ1n) is 11.3. The van der Waals surface area contributed by atoms with Gasteiger partial charge in [0.15, 0.2) is 11.5 Å². The minimum atomic E-state index is -0.0498. The number of allylic oxidation sites excluding steroid dienone is 3. The molecule has 0 aliphatic heterocycles. The fourth-order valence-corrected chi connectivity index (χ4v) is 4.02. The van der Waals surface area contributed by atoms with Crippen molar-refractivity contribution < 1.29 is 14.3 Å². The SMILES string of the molecule is CCCCN(CCCC)c1ccc(C=CC2=C(OC)C(=O)CC(C)(C)C2)c(OC)c1. The number of rotatable bonds is 11. The van der Waals surface area contributed by atoms with Crippen LogP contribution >= 0.6 is 0 Å². The summed E-state index contributed by atoms with van der Waals surface area (Å²) in [4.78, 5) is 14.9. The fourth-order valence-electron chi connectivity index (χ4n) is 4.02. The molecule has 4 nitrogen and oxygen atoms in total. The van der Waals surface area contributed by atoms with Gasteiger partial charge in [-0.15, -0.1) is 0 Å². The second-order valence-electron chi connectivity index (χ2n) is 8.95. The first kappa shape index (κ1) is 24.0. The van der Waals surface area contributed by atoms with Crippen LogP contribution in [-0.4, -0.2) is 33.1 Å². The molecule has 2 rings (SSSR count). The molecule has 0 saturated carbocycles. The number of hydrogen-bond donors (Lipinski definition) is 0. The summed E-state index contributed by atoms with van der Waals surface area (Å²) >= 11 is 0. The van der Waals surface area contributed by atoms with E-state index in [2.05, 4.69) is 50.8 Å². The van der Waals surface area contributed by atoms with Crippen LogP contribution in [0.5, 0.6) is 5.75 Å². The van der Waals surface area contributed by atoms with E-state index in [1.165, 1.54) is 31.4 Å². The highest BCUT2D eigenvalue weighted by molar-refractivity contribution is 5.96. The third kappa shape index (κ3) is 6.38. The maximum absolute atomic E-state index is 12.4. The molecule has 30 heavy (non-hydrogen) atoms. The summed E-state index contributed by atoms with van der Waals surface area (Å²) in [6.45, 7) is 10.8. The lowest BCUT2D eigenvalue weighted by Gasteiger charge is -2.30. The van der Waals surface area contributed by atoms with E-state index in [0.29, 0.717) is 12.2 Å². The summed E-state index contributed by atoms with van der Waals surface area (Å²) in [6.07, 6.45) is 10.1. The van der Waals surface area contributed by atoms with Gasteiger partial charge in [-0.2, -0.15) is 0 Å². The zero-order valence-electron chi connectivity index (χ0n) is 19.7. The number of carbonyl (C=O) groups is 1. The lowest BCUT2D eigenvalue weighted by molar-refractivity contribution is -0.121. The van der Waals surface area contributed by atoms with Gasteiger partial charge in [0.1, 0.15) is 5.75 Å². The monoisotopic (exact) mass is 413 g/mol. The molecule has 1 aliphatic carbocycles. The quantitative estimate of drug-likeness (QED) is 0.420. The van der Waals surface area contributed by atoms with Crippen LogP contribution in [0.4, 0.5) is 5.69 Å². The number of anilines is 1. The summed E-state index contributed by atoms with van der Waals surface area (Å²) in [5, 5.41) is 0. The van der Waals surface area contributed by atoms with Crippen LogP contribution in [0.2, 0.25) is 0 Å². The van der Waals surface area contributed by atoms with Crippen LogP contribution in [0.3, 0.4) is 0 Å². The van der Waals surface area contributed by atoms with E-state index in [1.54, 1.807) is 14.2 Å². The van der Waals surface area contributed by atoms with E-state index in [9.17, 15) is 4.79 Å². The third-order valence-electron chi connectivity index (χ3n) is 5.67. The molecule has 0 heterocycles. The molecule has 0 N–H and O–H groups in total. The van der Waals surface area contributed by atoms with E-state index >= 15 is 0 Å². The Bertz CT molecular complexity index is 768. The Morgan fingerprint density at radius 2 is 1.67 bits per heavy atom. The molecular formula is C26H39NO3. The molecule has 0 radical (unpaired) electrons. The van der Waals surface area contributed by atoms with Crippen molar-refractivity contribution in [2.24, 2.45) is 5.41 Å². The molecule has 0 amide bonds. The minimum Gasteiger partial charge on any atom is -0.496 e. The van der Waals surface area contributed by atoms with Gasteiger partial charge in [-0.25, -0.2) is 0 Å². The molecule has 0 bridgehead atoms. The number of nitrogens with zero attached hydrogens (tertiary/aromatic N) is 1. The van der Waals surface area contributed by atoms with Crippen LogP contribution < -0.4 is 9.64 Å². The summed E-state index contributed by atoms with van der Waals surface area (Å²) in [5.74, 6) is 1.42. The van der Waals surface area contributed by atoms with Gasteiger partial charge in [-0.1, -0.05) is 52.7 Å². The Kier molecular flexibility index (Phi) is 9.01. The molecule has 0 saturated heterocycles. The molecular weight excluding hydrogens is 374 g/mol. The molecule has 1 aromatic carbocycles. The van der Waals surface area contributed by atoms with Crippen molar-refractivity contribution in [3.8, 4) is 5.75 Å². The van der Waals surface area contributed by atoms with Crippen LogP contribution in [0.25, 0.3) is 6.08 Å². The van der Waals surface area contributed by atoms with Gasteiger partial charge in [-0.05, 0) is 42.4 Å². The Hall–Kier alpha value is -2.23. The molecule has 4 heteroatoms. The van der Waals surface area contributed by atoms with Gasteiger partial charge in [0.2, 0.25) is 0 Å². The third-order valence-corrected chi connectivity index (χ3v) is 5.67. The predicted molar refractivity (Wildman–Crippen MR) is 126 cm³/mol. The highest BCUT2D eigenvalue weighted by Crippen LogP contribution is 2.38. The first-order valence-corrected chi connectivity index (χ1v) is 11.3. The van der Waals surface area contributed by atoms with E-state index < -0.39 is 0 Å². The maximum atomic E-state index is 12.4. The van der Waals surface area contributed by atoms with E-state index in [4.69, 9.17) is 9.47 Å². The topological polar surface area (TPSA) is 38.8 Å². The predicted octanol–water partition coefficient (Wildman–Crippen LogP) is 6.40. The van der Waals surface area contributed by atoms with Crippen LogP contribution in [0.1, 0.15) is 71.8 Å². The number of hydrogen-bond acceptors (Lipinski definition) is 4. The average Bonchev–Trinajstić information content (AvgIpc) is 2.71. The van der Waals surface area contributed by atoms with Crippen molar-refractivity contribution in [3.05, 3.63) is 41.2 Å². The molecule has 0 atom stereocenters. The Balaban J connectivity index is 2.30. The molecule has 0 unspecified atom stereocenters. The summed E-state index contributed by atoms with van der Waals surface area (Å²) < 4.78 is 11.1.